The van der Waals surface area contributed by atoms with E-state index >= 15 is 0 Å². The quantitative estimate of drug-likeness (QED) is 0.769. The Hall–Kier alpha value is -1.70. The van der Waals surface area contributed by atoms with Gasteiger partial charge in [0.25, 0.3) is 11.5 Å². The summed E-state index contributed by atoms with van der Waals surface area (Å²) in [5.41, 5.74) is 1.30. The maximum Gasteiger partial charge on any atom is 0.263 e. The molecule has 0 aliphatic carbocycles. The minimum Gasteiger partial charge on any atom is -0.383 e. The molecule has 0 radical (unpaired) electrons. The Kier molecular flexibility index (Phi) is 6.37. The number of carbonyl (C=O) groups is 1. The van der Waals surface area contributed by atoms with Crippen LogP contribution in [0.5, 0.6) is 0 Å². The summed E-state index contributed by atoms with van der Waals surface area (Å²) in [5, 5.41) is 3.46. The SMILES string of the molecule is COCCN1CCC(CN(C)C(=O)c2ccc3n(c2=O)C[C@@H]2CNC[C@H]3C2)CC1. The number of rotatable bonds is 6. The van der Waals surface area contributed by atoms with Gasteiger partial charge in [0.15, 0.2) is 0 Å². The zero-order valence-electron chi connectivity index (χ0n) is 17.7. The van der Waals surface area contributed by atoms with Crippen molar-refractivity contribution in [2.24, 2.45) is 11.8 Å². The standard InChI is InChI=1S/C22H34N4O3/c1-24(14-16-5-7-25(8-6-16)9-10-29-2)21(27)19-3-4-20-18-11-17(12-23-13-18)15-26(20)22(19)28/h3-4,16-18,23H,5-15H2,1-2H3/t17-,18+/m0/s1. The van der Waals surface area contributed by atoms with Gasteiger partial charge in [-0.1, -0.05) is 0 Å². The van der Waals surface area contributed by atoms with Crippen molar-refractivity contribution in [3.8, 4) is 0 Å². The van der Waals surface area contributed by atoms with Crippen LogP contribution < -0.4 is 10.9 Å². The van der Waals surface area contributed by atoms with Gasteiger partial charge in [0.1, 0.15) is 5.56 Å². The fourth-order valence-electron chi connectivity index (χ4n) is 5.24. The van der Waals surface area contributed by atoms with Crippen LogP contribution in [0, 0.1) is 11.8 Å². The predicted octanol–water partition coefficient (Wildman–Crippen LogP) is 0.985. The molecular weight excluding hydrogens is 368 g/mol. The number of likely N-dealkylation sites (tertiary alicyclic amines) is 1. The molecule has 29 heavy (non-hydrogen) atoms. The van der Waals surface area contributed by atoms with Crippen LogP contribution in [0.1, 0.15) is 41.2 Å². The van der Waals surface area contributed by atoms with Crippen LogP contribution in [0.3, 0.4) is 0 Å². The lowest BCUT2D eigenvalue weighted by molar-refractivity contribution is 0.0721. The van der Waals surface area contributed by atoms with Crippen molar-refractivity contribution in [3.05, 3.63) is 33.7 Å². The first-order valence-electron chi connectivity index (χ1n) is 11.0. The largest absolute Gasteiger partial charge is 0.383 e. The molecule has 2 saturated heterocycles. The number of piperidine rings is 2. The molecule has 2 bridgehead atoms. The summed E-state index contributed by atoms with van der Waals surface area (Å²) in [6.45, 7) is 7.17. The summed E-state index contributed by atoms with van der Waals surface area (Å²) >= 11 is 0. The van der Waals surface area contributed by atoms with Gasteiger partial charge in [0, 0.05) is 51.9 Å². The fourth-order valence-corrected chi connectivity index (χ4v) is 5.24. The zero-order valence-corrected chi connectivity index (χ0v) is 17.7. The van der Waals surface area contributed by atoms with Crippen LogP contribution in [-0.4, -0.2) is 80.3 Å². The van der Waals surface area contributed by atoms with E-state index in [-0.39, 0.29) is 11.5 Å². The third-order valence-corrected chi connectivity index (χ3v) is 6.94. The highest BCUT2D eigenvalue weighted by Gasteiger charge is 2.32. The average Bonchev–Trinajstić information content (AvgIpc) is 2.74. The van der Waals surface area contributed by atoms with Crippen LogP contribution in [0.25, 0.3) is 0 Å². The minimum atomic E-state index is -0.138. The molecule has 160 valence electrons. The Bertz CT molecular complexity index is 785. The number of carbonyl (C=O) groups excluding carboxylic acids is 1. The molecule has 2 atom stereocenters. The van der Waals surface area contributed by atoms with E-state index < -0.39 is 0 Å². The second kappa shape index (κ2) is 8.98. The lowest BCUT2D eigenvalue weighted by atomic mass is 9.84. The number of amides is 1. The van der Waals surface area contributed by atoms with Gasteiger partial charge in [0.05, 0.1) is 6.61 Å². The molecule has 0 spiro atoms. The number of hydrogen-bond donors (Lipinski definition) is 1. The number of ether oxygens (including phenoxy) is 1. The van der Waals surface area contributed by atoms with Crippen molar-refractivity contribution in [1.82, 2.24) is 19.7 Å². The van der Waals surface area contributed by atoms with Gasteiger partial charge in [-0.15, -0.1) is 0 Å². The summed E-state index contributed by atoms with van der Waals surface area (Å²) in [7, 11) is 3.57. The van der Waals surface area contributed by atoms with Crippen molar-refractivity contribution >= 4 is 5.91 Å². The van der Waals surface area contributed by atoms with E-state index in [0.717, 1.165) is 70.8 Å². The molecule has 0 unspecified atom stereocenters. The molecule has 2 fully saturated rings. The lowest BCUT2D eigenvalue weighted by Gasteiger charge is -2.37. The molecule has 7 heteroatoms. The third-order valence-electron chi connectivity index (χ3n) is 6.94. The predicted molar refractivity (Wildman–Crippen MR) is 112 cm³/mol. The molecule has 1 aromatic rings. The van der Waals surface area contributed by atoms with E-state index in [4.69, 9.17) is 4.74 Å². The summed E-state index contributed by atoms with van der Waals surface area (Å²) < 4.78 is 7.03. The number of nitrogens with zero attached hydrogens (tertiary/aromatic N) is 3. The first kappa shape index (κ1) is 20.6. The van der Waals surface area contributed by atoms with E-state index in [9.17, 15) is 9.59 Å². The van der Waals surface area contributed by atoms with E-state index in [2.05, 4.69) is 10.2 Å². The summed E-state index contributed by atoms with van der Waals surface area (Å²) in [6.07, 6.45) is 3.31. The molecule has 3 aliphatic heterocycles. The van der Waals surface area contributed by atoms with Crippen LogP contribution in [0.2, 0.25) is 0 Å². The van der Waals surface area contributed by atoms with Gasteiger partial charge >= 0.3 is 0 Å². The Labute approximate surface area is 173 Å². The number of nitrogens with one attached hydrogen (secondary N) is 1. The van der Waals surface area contributed by atoms with E-state index in [0.29, 0.717) is 29.9 Å². The van der Waals surface area contributed by atoms with Crippen molar-refractivity contribution < 1.29 is 9.53 Å². The molecular formula is C22H34N4O3. The van der Waals surface area contributed by atoms with Crippen LogP contribution >= 0.6 is 0 Å². The Morgan fingerprint density at radius 2 is 2.07 bits per heavy atom. The maximum atomic E-state index is 13.1. The van der Waals surface area contributed by atoms with Gasteiger partial charge in [-0.3, -0.25) is 9.59 Å². The van der Waals surface area contributed by atoms with Crippen molar-refractivity contribution in [1.29, 1.82) is 0 Å². The average molecular weight is 403 g/mol. The summed E-state index contributed by atoms with van der Waals surface area (Å²) in [5.74, 6) is 1.24. The molecule has 3 aliphatic rings. The highest BCUT2D eigenvalue weighted by molar-refractivity contribution is 5.93. The first-order valence-corrected chi connectivity index (χ1v) is 11.0. The Morgan fingerprint density at radius 1 is 1.28 bits per heavy atom. The molecule has 1 aromatic heterocycles. The molecule has 0 saturated carbocycles. The molecule has 1 N–H and O–H groups in total. The van der Waals surface area contributed by atoms with Gasteiger partial charge in [0.2, 0.25) is 0 Å². The number of methoxy groups -OCH3 is 1. The molecule has 7 nitrogen and oxygen atoms in total. The Morgan fingerprint density at radius 3 is 2.83 bits per heavy atom. The van der Waals surface area contributed by atoms with Crippen molar-refractivity contribution in [2.45, 2.75) is 31.7 Å². The van der Waals surface area contributed by atoms with Gasteiger partial charge in [-0.25, -0.2) is 0 Å². The smallest absolute Gasteiger partial charge is 0.263 e. The third kappa shape index (κ3) is 4.42. The van der Waals surface area contributed by atoms with E-state index in [1.807, 2.05) is 17.7 Å². The van der Waals surface area contributed by atoms with Crippen LogP contribution in [-0.2, 0) is 11.3 Å². The first-order chi connectivity index (χ1) is 14.1. The van der Waals surface area contributed by atoms with Crippen molar-refractivity contribution in [2.75, 3.05) is 60.0 Å². The van der Waals surface area contributed by atoms with E-state index in [1.165, 1.54) is 0 Å². The monoisotopic (exact) mass is 402 g/mol. The Balaban J connectivity index is 1.40. The number of aromatic nitrogens is 1. The lowest BCUT2D eigenvalue weighted by Crippen LogP contribution is -2.46. The molecule has 4 heterocycles. The van der Waals surface area contributed by atoms with Gasteiger partial charge < -0.3 is 24.4 Å². The molecule has 4 rings (SSSR count). The van der Waals surface area contributed by atoms with Gasteiger partial charge in [-0.2, -0.15) is 0 Å². The maximum absolute atomic E-state index is 13.1. The molecule has 1 amide bonds. The van der Waals surface area contributed by atoms with Crippen LogP contribution in [0.15, 0.2) is 16.9 Å². The van der Waals surface area contributed by atoms with Crippen molar-refractivity contribution in [3.63, 3.8) is 0 Å². The van der Waals surface area contributed by atoms with Crippen LogP contribution in [0.4, 0.5) is 0 Å². The highest BCUT2D eigenvalue weighted by atomic mass is 16.5. The molecule has 0 aromatic carbocycles. The number of pyridine rings is 1. The number of fused-ring (bicyclic) bond motifs is 4. The van der Waals surface area contributed by atoms with Gasteiger partial charge in [-0.05, 0) is 62.9 Å². The topological polar surface area (TPSA) is 66.8 Å². The fraction of sp³-hybridized carbons (Fsp3) is 0.727. The highest BCUT2D eigenvalue weighted by Crippen LogP contribution is 2.31. The second-order valence-corrected chi connectivity index (χ2v) is 9.01. The normalized spacial score (nSPS) is 24.9. The summed E-state index contributed by atoms with van der Waals surface area (Å²) in [4.78, 5) is 30.3. The summed E-state index contributed by atoms with van der Waals surface area (Å²) in [6, 6.07) is 3.76. The minimum absolute atomic E-state index is 0.106. The number of hydrogen-bond acceptors (Lipinski definition) is 5. The second-order valence-electron chi connectivity index (χ2n) is 9.01. The zero-order chi connectivity index (χ0) is 20.4. The van der Waals surface area contributed by atoms with E-state index in [1.54, 1.807) is 18.1 Å².